The molecule has 0 unspecified atom stereocenters. The zero-order valence-electron chi connectivity index (χ0n) is 14.9. The number of sulfone groups is 1. The number of ether oxygens (including phenoxy) is 2. The molecule has 0 saturated carbocycles. The Bertz CT molecular complexity index is 989. The SMILES string of the molecule is COCCOc1ccc(CNc2ccc(S(N)(=O)=O)cc2S(C)(=O)=O)cn1. The summed E-state index contributed by atoms with van der Waals surface area (Å²) in [5.41, 5.74) is 1.05. The molecule has 0 aliphatic rings. The number of benzene rings is 1. The molecule has 0 spiro atoms. The standard InChI is InChI=1S/C16H21N3O6S2/c1-24-7-8-25-16-6-3-12(11-19-16)10-18-14-5-4-13(27(17,22)23)9-15(14)26(2,20)21/h3-6,9,11,18H,7-8,10H2,1-2H3,(H2,17,22,23). The zero-order valence-corrected chi connectivity index (χ0v) is 16.5. The van der Waals surface area contributed by atoms with Gasteiger partial charge in [0.15, 0.2) is 9.84 Å². The fourth-order valence-electron chi connectivity index (χ4n) is 2.16. The van der Waals surface area contributed by atoms with Crippen molar-refractivity contribution >= 4 is 25.5 Å². The van der Waals surface area contributed by atoms with E-state index in [0.717, 1.165) is 17.9 Å². The van der Waals surface area contributed by atoms with Gasteiger partial charge in [0, 0.05) is 32.2 Å². The monoisotopic (exact) mass is 415 g/mol. The summed E-state index contributed by atoms with van der Waals surface area (Å²) < 4.78 is 57.2. The number of nitrogens with one attached hydrogen (secondary N) is 1. The number of pyridine rings is 1. The van der Waals surface area contributed by atoms with Crippen LogP contribution in [0.15, 0.2) is 46.3 Å². The van der Waals surface area contributed by atoms with Crippen LogP contribution in [-0.4, -0.2) is 48.4 Å². The topological polar surface area (TPSA) is 138 Å². The third-order valence-corrected chi connectivity index (χ3v) is 5.55. The van der Waals surface area contributed by atoms with E-state index in [0.29, 0.717) is 19.1 Å². The molecule has 0 aliphatic carbocycles. The highest BCUT2D eigenvalue weighted by molar-refractivity contribution is 7.91. The van der Waals surface area contributed by atoms with Gasteiger partial charge in [-0.05, 0) is 23.8 Å². The van der Waals surface area contributed by atoms with Crippen LogP contribution < -0.4 is 15.2 Å². The Morgan fingerprint density at radius 1 is 1.11 bits per heavy atom. The third kappa shape index (κ3) is 6.17. The van der Waals surface area contributed by atoms with Crippen LogP contribution in [0, 0.1) is 0 Å². The van der Waals surface area contributed by atoms with E-state index in [9.17, 15) is 16.8 Å². The van der Waals surface area contributed by atoms with E-state index < -0.39 is 19.9 Å². The van der Waals surface area contributed by atoms with Gasteiger partial charge in [0.2, 0.25) is 15.9 Å². The van der Waals surface area contributed by atoms with Crippen molar-refractivity contribution in [3.05, 3.63) is 42.1 Å². The van der Waals surface area contributed by atoms with Crippen molar-refractivity contribution in [2.45, 2.75) is 16.3 Å². The molecule has 0 fully saturated rings. The van der Waals surface area contributed by atoms with E-state index in [1.807, 2.05) is 0 Å². The molecule has 2 aromatic rings. The molecule has 11 heteroatoms. The highest BCUT2D eigenvalue weighted by Crippen LogP contribution is 2.25. The Balaban J connectivity index is 2.15. The van der Waals surface area contributed by atoms with Gasteiger partial charge in [-0.2, -0.15) is 0 Å². The van der Waals surface area contributed by atoms with Gasteiger partial charge < -0.3 is 14.8 Å². The third-order valence-electron chi connectivity index (χ3n) is 3.50. The molecule has 0 atom stereocenters. The molecule has 0 saturated heterocycles. The van der Waals surface area contributed by atoms with Crippen molar-refractivity contribution in [1.29, 1.82) is 0 Å². The highest BCUT2D eigenvalue weighted by Gasteiger charge is 2.18. The smallest absolute Gasteiger partial charge is 0.238 e. The van der Waals surface area contributed by atoms with Crippen LogP contribution >= 0.6 is 0 Å². The minimum Gasteiger partial charge on any atom is -0.475 e. The van der Waals surface area contributed by atoms with Crippen LogP contribution in [0.4, 0.5) is 5.69 Å². The summed E-state index contributed by atoms with van der Waals surface area (Å²) in [5.74, 6) is 0.449. The minimum atomic E-state index is -4.01. The summed E-state index contributed by atoms with van der Waals surface area (Å²) in [5, 5.41) is 8.04. The number of nitrogens with two attached hydrogens (primary N) is 1. The zero-order chi connectivity index (χ0) is 20.1. The number of hydrogen-bond donors (Lipinski definition) is 2. The summed E-state index contributed by atoms with van der Waals surface area (Å²) in [6.07, 6.45) is 2.59. The normalized spacial score (nSPS) is 12.0. The molecule has 2 rings (SSSR count). The average molecular weight is 415 g/mol. The second-order valence-corrected chi connectivity index (χ2v) is 9.22. The number of hydrogen-bond acceptors (Lipinski definition) is 8. The molecular weight excluding hydrogens is 394 g/mol. The fourth-order valence-corrected chi connectivity index (χ4v) is 3.66. The van der Waals surface area contributed by atoms with E-state index in [4.69, 9.17) is 14.6 Å². The van der Waals surface area contributed by atoms with Crippen LogP contribution in [0.5, 0.6) is 5.88 Å². The van der Waals surface area contributed by atoms with Crippen LogP contribution in [-0.2, 0) is 31.1 Å². The summed E-state index contributed by atoms with van der Waals surface area (Å²) in [7, 11) is -6.10. The number of rotatable bonds is 9. The highest BCUT2D eigenvalue weighted by atomic mass is 32.2. The van der Waals surface area contributed by atoms with Crippen LogP contribution in [0.2, 0.25) is 0 Å². The fraction of sp³-hybridized carbons (Fsp3) is 0.312. The lowest BCUT2D eigenvalue weighted by atomic mass is 10.2. The van der Waals surface area contributed by atoms with Crippen LogP contribution in [0.25, 0.3) is 0 Å². The minimum absolute atomic E-state index is 0.151. The maximum Gasteiger partial charge on any atom is 0.238 e. The molecule has 0 radical (unpaired) electrons. The molecule has 3 N–H and O–H groups in total. The van der Waals surface area contributed by atoms with E-state index in [1.54, 1.807) is 25.4 Å². The molecule has 0 amide bonds. The van der Waals surface area contributed by atoms with E-state index in [1.165, 1.54) is 12.1 Å². The van der Waals surface area contributed by atoms with Gasteiger partial charge in [0.1, 0.15) is 6.61 Å². The van der Waals surface area contributed by atoms with Gasteiger partial charge >= 0.3 is 0 Å². The van der Waals surface area contributed by atoms with Gasteiger partial charge in [0.05, 0.1) is 22.1 Å². The van der Waals surface area contributed by atoms with Gasteiger partial charge in [-0.1, -0.05) is 6.07 Å². The lowest BCUT2D eigenvalue weighted by molar-refractivity contribution is 0.143. The second kappa shape index (κ2) is 8.65. The molecule has 0 bridgehead atoms. The van der Waals surface area contributed by atoms with Crippen molar-refractivity contribution < 1.29 is 26.3 Å². The summed E-state index contributed by atoms with van der Waals surface area (Å²) in [6.45, 7) is 1.12. The first-order valence-corrected chi connectivity index (χ1v) is 11.2. The lowest BCUT2D eigenvalue weighted by Gasteiger charge is -2.12. The van der Waals surface area contributed by atoms with E-state index in [2.05, 4.69) is 10.3 Å². The molecule has 1 aromatic heterocycles. The molecule has 0 aliphatic heterocycles. The largest absolute Gasteiger partial charge is 0.475 e. The van der Waals surface area contributed by atoms with Crippen molar-refractivity contribution in [2.24, 2.45) is 5.14 Å². The van der Waals surface area contributed by atoms with E-state index in [-0.39, 0.29) is 22.0 Å². The summed E-state index contributed by atoms with van der Waals surface area (Å²) in [4.78, 5) is 3.73. The Morgan fingerprint density at radius 2 is 1.85 bits per heavy atom. The summed E-state index contributed by atoms with van der Waals surface area (Å²) in [6, 6.07) is 7.12. The molecule has 1 heterocycles. The summed E-state index contributed by atoms with van der Waals surface area (Å²) >= 11 is 0. The maximum atomic E-state index is 12.0. The Morgan fingerprint density at radius 3 is 2.41 bits per heavy atom. The number of aromatic nitrogens is 1. The predicted molar refractivity (Wildman–Crippen MR) is 99.9 cm³/mol. The second-order valence-electron chi connectivity index (χ2n) is 5.67. The maximum absolute atomic E-state index is 12.0. The number of nitrogens with zero attached hydrogens (tertiary/aromatic N) is 1. The van der Waals surface area contributed by atoms with E-state index >= 15 is 0 Å². The van der Waals surface area contributed by atoms with Crippen molar-refractivity contribution in [2.75, 3.05) is 31.9 Å². The van der Waals surface area contributed by atoms with Gasteiger partial charge in [-0.3, -0.25) is 0 Å². The average Bonchev–Trinajstić information content (AvgIpc) is 2.59. The number of sulfonamides is 1. The van der Waals surface area contributed by atoms with Gasteiger partial charge in [0.25, 0.3) is 0 Å². The quantitative estimate of drug-likeness (QED) is 0.573. The molecule has 9 nitrogen and oxygen atoms in total. The number of anilines is 1. The number of primary sulfonamides is 1. The van der Waals surface area contributed by atoms with Crippen LogP contribution in [0.3, 0.4) is 0 Å². The van der Waals surface area contributed by atoms with Crippen molar-refractivity contribution in [3.8, 4) is 5.88 Å². The Hall–Kier alpha value is -2.21. The Labute approximate surface area is 158 Å². The van der Waals surface area contributed by atoms with Crippen molar-refractivity contribution in [3.63, 3.8) is 0 Å². The van der Waals surface area contributed by atoms with Gasteiger partial charge in [-0.15, -0.1) is 0 Å². The molecule has 148 valence electrons. The molecular formula is C16H21N3O6S2. The lowest BCUT2D eigenvalue weighted by Crippen LogP contribution is -2.14. The van der Waals surface area contributed by atoms with Crippen molar-refractivity contribution in [1.82, 2.24) is 4.98 Å². The first-order chi connectivity index (χ1) is 12.6. The van der Waals surface area contributed by atoms with Gasteiger partial charge in [-0.25, -0.2) is 27.0 Å². The first kappa shape index (κ1) is 21.1. The molecule has 27 heavy (non-hydrogen) atoms. The Kier molecular flexibility index (Phi) is 6.76. The first-order valence-electron chi connectivity index (χ1n) is 7.78. The predicted octanol–water partition coefficient (Wildman–Crippen LogP) is 0.770. The van der Waals surface area contributed by atoms with Crippen LogP contribution in [0.1, 0.15) is 5.56 Å². The number of methoxy groups -OCH3 is 1. The molecule has 1 aromatic carbocycles.